The Hall–Kier alpha value is -2.44. The quantitative estimate of drug-likeness (QED) is 0.0223. The van der Waals surface area contributed by atoms with Crippen molar-refractivity contribution in [2.45, 2.75) is 181 Å². The predicted molar refractivity (Wildman–Crippen MR) is 268 cm³/mol. The number of carbonyl (C=O) groups excluding carboxylic acids is 2. The molecular weight excluding hydrogens is 885 g/mol. The Labute approximate surface area is 416 Å². The second-order valence-electron chi connectivity index (χ2n) is 19.6. The summed E-state index contributed by atoms with van der Waals surface area (Å²) in [6.07, 6.45) is 14.7. The van der Waals surface area contributed by atoms with Crippen LogP contribution in [0.1, 0.15) is 127 Å². The molecule has 4 aliphatic rings. The summed E-state index contributed by atoms with van der Waals surface area (Å²) in [4.78, 5) is 32.5. The molecule has 0 aromatic carbocycles. The first kappa shape index (κ1) is 59.1. The molecular formula is C54H94N2O13. The third-order valence-corrected chi connectivity index (χ3v) is 14.2. The summed E-state index contributed by atoms with van der Waals surface area (Å²) in [5, 5.41) is 0. The van der Waals surface area contributed by atoms with Crippen LogP contribution in [0.15, 0.2) is 36.0 Å². The van der Waals surface area contributed by atoms with E-state index in [0.29, 0.717) is 118 Å². The lowest BCUT2D eigenvalue weighted by molar-refractivity contribution is -0.154. The molecule has 398 valence electrons. The molecule has 4 rings (SSSR count). The highest BCUT2D eigenvalue weighted by atomic mass is 16.6. The highest BCUT2D eigenvalue weighted by Gasteiger charge is 2.48. The summed E-state index contributed by atoms with van der Waals surface area (Å²) in [6.45, 7) is 29.7. The number of amides is 1. The molecule has 0 spiro atoms. The topological polar surface area (TPSA) is 145 Å². The van der Waals surface area contributed by atoms with Gasteiger partial charge in [0.15, 0.2) is 6.10 Å². The summed E-state index contributed by atoms with van der Waals surface area (Å²) < 4.78 is 67.3. The number of hydrogen-bond acceptors (Lipinski definition) is 14. The molecule has 69 heavy (non-hydrogen) atoms. The number of likely N-dealkylation sites (tertiary alicyclic amines) is 2. The number of nitrogens with zero attached hydrogens (tertiary/aromatic N) is 2. The predicted octanol–water partition coefficient (Wildman–Crippen LogP) is 8.51. The molecule has 0 N–H and O–H groups in total. The van der Waals surface area contributed by atoms with Gasteiger partial charge in [0.1, 0.15) is 11.7 Å². The van der Waals surface area contributed by atoms with Crippen molar-refractivity contribution in [3.05, 3.63) is 36.0 Å². The molecule has 0 aromatic rings. The molecule has 4 aliphatic heterocycles. The van der Waals surface area contributed by atoms with Gasteiger partial charge < -0.3 is 61.9 Å². The number of esters is 1. The number of carbonyl (C=O) groups is 2. The maximum Gasteiger partial charge on any atom is 0.410 e. The van der Waals surface area contributed by atoms with Gasteiger partial charge in [0.2, 0.25) is 0 Å². The lowest BCUT2D eigenvalue weighted by Gasteiger charge is -2.40. The van der Waals surface area contributed by atoms with E-state index in [1.54, 1.807) is 0 Å². The minimum Gasteiger partial charge on any atom is -0.457 e. The van der Waals surface area contributed by atoms with Crippen molar-refractivity contribution in [1.29, 1.82) is 0 Å². The molecule has 4 heterocycles. The normalized spacial score (nSPS) is 29.0. The maximum absolute atomic E-state index is 14.1. The van der Waals surface area contributed by atoms with Crippen LogP contribution >= 0.6 is 0 Å². The van der Waals surface area contributed by atoms with Gasteiger partial charge in [-0.05, 0) is 118 Å². The third kappa shape index (κ3) is 20.5. The molecule has 15 heteroatoms. The first-order valence-electron chi connectivity index (χ1n) is 26.7. The fourth-order valence-corrected chi connectivity index (χ4v) is 9.91. The van der Waals surface area contributed by atoms with Crippen molar-refractivity contribution >= 4 is 12.1 Å². The number of epoxide rings is 1. The van der Waals surface area contributed by atoms with Gasteiger partial charge in [-0.15, -0.1) is 0 Å². The average Bonchev–Trinajstić information content (AvgIpc) is 3.87. The van der Waals surface area contributed by atoms with E-state index < -0.39 is 29.5 Å². The molecule has 10 unspecified atom stereocenters. The zero-order chi connectivity index (χ0) is 50.1. The van der Waals surface area contributed by atoms with Gasteiger partial charge in [-0.25, -0.2) is 4.79 Å². The minimum atomic E-state index is -0.965. The van der Waals surface area contributed by atoms with Gasteiger partial charge in [0.25, 0.3) is 0 Å². The van der Waals surface area contributed by atoms with Gasteiger partial charge in [-0.1, -0.05) is 45.1 Å². The number of ether oxygens (including phenoxy) is 11. The molecule has 15 nitrogen and oxygen atoms in total. The summed E-state index contributed by atoms with van der Waals surface area (Å²) in [6, 6.07) is 0.502. The number of rotatable bonds is 30. The highest BCUT2D eigenvalue weighted by molar-refractivity contribution is 5.70. The van der Waals surface area contributed by atoms with Crippen molar-refractivity contribution in [2.75, 3.05) is 105 Å². The van der Waals surface area contributed by atoms with E-state index >= 15 is 0 Å². The van der Waals surface area contributed by atoms with Crippen LogP contribution in [0, 0.1) is 11.8 Å². The van der Waals surface area contributed by atoms with Crippen LogP contribution in [0.5, 0.6) is 0 Å². The number of hydrogen-bond donors (Lipinski definition) is 0. The van der Waals surface area contributed by atoms with E-state index in [2.05, 4.69) is 31.7 Å². The van der Waals surface area contributed by atoms with E-state index in [9.17, 15) is 9.59 Å². The van der Waals surface area contributed by atoms with E-state index in [0.717, 1.165) is 37.9 Å². The first-order chi connectivity index (χ1) is 33.3. The van der Waals surface area contributed by atoms with Gasteiger partial charge >= 0.3 is 12.1 Å². The molecule has 3 saturated heterocycles. The molecule has 0 aliphatic carbocycles. The summed E-state index contributed by atoms with van der Waals surface area (Å²) >= 11 is 0. The Bertz CT molecular complexity index is 1530. The van der Waals surface area contributed by atoms with Gasteiger partial charge in [-0.2, -0.15) is 0 Å². The molecule has 3 fully saturated rings. The van der Waals surface area contributed by atoms with Gasteiger partial charge in [-0.3, -0.25) is 4.79 Å². The van der Waals surface area contributed by atoms with Crippen molar-refractivity contribution in [1.82, 2.24) is 9.80 Å². The van der Waals surface area contributed by atoms with Crippen LogP contribution < -0.4 is 0 Å². The standard InChI is InChI=1S/C54H94N2O13/c1-11-46(64-36-32-60-13-3)43(8)51-47(67-51)40-53(9,65-37-33-61-14-4)25-18-19-41(6)50-42(7)20-21-48(68-52(58)56-29-23-44(24-30-56)55-27-16-17-28-55)54(10,66-38-34-62-15-5)26-22-45(39-49(57)69-50)63-35-31-59-12-2/h18-21,25,42-48,50-51H,11-17,22-24,26-40H2,1-10H3/b21-20+,25-18+,41-19+. The van der Waals surface area contributed by atoms with Crippen molar-refractivity contribution in [3.8, 4) is 0 Å². The van der Waals surface area contributed by atoms with Crippen molar-refractivity contribution in [2.24, 2.45) is 11.8 Å². The van der Waals surface area contributed by atoms with Crippen molar-refractivity contribution in [3.63, 3.8) is 0 Å². The Morgan fingerprint density at radius 2 is 1.51 bits per heavy atom. The third-order valence-electron chi connectivity index (χ3n) is 14.2. The van der Waals surface area contributed by atoms with Crippen LogP contribution in [0.3, 0.4) is 0 Å². The maximum atomic E-state index is 14.1. The van der Waals surface area contributed by atoms with Crippen molar-refractivity contribution < 1.29 is 61.7 Å². The zero-order valence-corrected chi connectivity index (χ0v) is 44.5. The Morgan fingerprint density at radius 1 is 0.870 bits per heavy atom. The van der Waals surface area contributed by atoms with Gasteiger partial charge in [0.05, 0.1) is 89.3 Å². The molecule has 0 bridgehead atoms. The van der Waals surface area contributed by atoms with E-state index in [-0.39, 0.29) is 48.6 Å². The van der Waals surface area contributed by atoms with E-state index in [1.807, 2.05) is 77.7 Å². The Kier molecular flexibility index (Phi) is 27.3. The Balaban J connectivity index is 1.59. The monoisotopic (exact) mass is 979 g/mol. The lowest BCUT2D eigenvalue weighted by atomic mass is 9.88. The van der Waals surface area contributed by atoms with Crippen LogP contribution in [-0.4, -0.2) is 181 Å². The van der Waals surface area contributed by atoms with Gasteiger partial charge in [0, 0.05) is 63.8 Å². The summed E-state index contributed by atoms with van der Waals surface area (Å²) in [5.41, 5.74) is -0.792. The smallest absolute Gasteiger partial charge is 0.410 e. The second kappa shape index (κ2) is 31.9. The average molecular weight is 979 g/mol. The molecule has 0 saturated carbocycles. The minimum absolute atomic E-state index is 0.00937. The molecule has 0 radical (unpaired) electrons. The summed E-state index contributed by atoms with van der Waals surface area (Å²) in [5.74, 6) is -0.459. The highest BCUT2D eigenvalue weighted by Crippen LogP contribution is 2.40. The van der Waals surface area contributed by atoms with Crippen LogP contribution in [-0.2, 0) is 56.9 Å². The Morgan fingerprint density at radius 3 is 2.16 bits per heavy atom. The molecule has 0 aromatic heterocycles. The number of piperidine rings is 1. The zero-order valence-electron chi connectivity index (χ0n) is 44.5. The first-order valence-corrected chi connectivity index (χ1v) is 26.7. The largest absolute Gasteiger partial charge is 0.457 e. The van der Waals surface area contributed by atoms with Crippen LogP contribution in [0.2, 0.25) is 0 Å². The summed E-state index contributed by atoms with van der Waals surface area (Å²) in [7, 11) is 0. The molecule has 10 atom stereocenters. The van der Waals surface area contributed by atoms with Crippen LogP contribution in [0.25, 0.3) is 0 Å². The number of allylic oxidation sites excluding steroid dienone is 2. The fourth-order valence-electron chi connectivity index (χ4n) is 9.91. The number of cyclic esters (lactones) is 1. The SMILES string of the molecule is CCOCCOC1CCC(C)(OCCOCC)C(OC(=O)N2CCC(N3CCCC3)CC2)/C=C/C(C)C(/C(C)=C/C=C/C(C)(CC2OC2C(C)C(CC)OCCOCC)OCCOCC)OC(=O)C1. The lowest BCUT2D eigenvalue weighted by Crippen LogP contribution is -2.50. The fraction of sp³-hybridized carbons (Fsp3) is 0.852. The van der Waals surface area contributed by atoms with Crippen LogP contribution in [0.4, 0.5) is 4.79 Å². The molecule has 1 amide bonds. The van der Waals surface area contributed by atoms with E-state index in [1.165, 1.54) is 12.8 Å². The van der Waals surface area contributed by atoms with E-state index in [4.69, 9.17) is 52.1 Å². The second-order valence-corrected chi connectivity index (χ2v) is 19.6.